The second kappa shape index (κ2) is 5.63. The third-order valence-corrected chi connectivity index (χ3v) is 5.05. The van der Waals surface area contributed by atoms with Crippen molar-refractivity contribution in [2.24, 2.45) is 5.92 Å². The van der Waals surface area contributed by atoms with Crippen molar-refractivity contribution in [3.05, 3.63) is 29.6 Å². The lowest BCUT2D eigenvalue weighted by Gasteiger charge is -2.35. The first-order valence-corrected chi connectivity index (χ1v) is 8.29. The van der Waals surface area contributed by atoms with Gasteiger partial charge in [0.25, 0.3) is 5.91 Å². The Morgan fingerprint density at radius 2 is 2.23 bits per heavy atom. The first kappa shape index (κ1) is 14.2. The van der Waals surface area contributed by atoms with E-state index in [1.807, 2.05) is 19.1 Å². The Bertz CT molecular complexity index is 573. The number of nitrogens with zero attached hydrogens (tertiary/aromatic N) is 2. The van der Waals surface area contributed by atoms with Gasteiger partial charge in [-0.1, -0.05) is 6.07 Å². The Morgan fingerprint density at radius 3 is 3.00 bits per heavy atom. The third-order valence-electron chi connectivity index (χ3n) is 5.05. The molecule has 2 saturated heterocycles. The Labute approximate surface area is 131 Å². The van der Waals surface area contributed by atoms with Crippen LogP contribution in [0.15, 0.2) is 18.2 Å². The van der Waals surface area contributed by atoms with Crippen LogP contribution in [0.2, 0.25) is 0 Å². The maximum atomic E-state index is 12.3. The molecule has 1 aromatic heterocycles. The van der Waals surface area contributed by atoms with E-state index in [0.29, 0.717) is 17.8 Å². The molecule has 2 aliphatic heterocycles. The van der Waals surface area contributed by atoms with Crippen molar-refractivity contribution in [1.82, 2.24) is 15.2 Å². The zero-order chi connectivity index (χ0) is 15.1. The quantitative estimate of drug-likeness (QED) is 0.916. The number of rotatable bonds is 3. The highest BCUT2D eigenvalue weighted by Crippen LogP contribution is 2.37. The Morgan fingerprint density at radius 1 is 1.36 bits per heavy atom. The number of morpholine rings is 1. The molecule has 118 valence electrons. The number of fused-ring (bicyclic) bond motifs is 1. The van der Waals surface area contributed by atoms with Gasteiger partial charge in [-0.2, -0.15) is 0 Å². The summed E-state index contributed by atoms with van der Waals surface area (Å²) in [6.07, 6.45) is 4.05. The molecule has 1 N–H and O–H groups in total. The van der Waals surface area contributed by atoms with Crippen LogP contribution in [0.1, 0.15) is 35.4 Å². The minimum atomic E-state index is -0.0618. The van der Waals surface area contributed by atoms with E-state index < -0.39 is 0 Å². The number of pyridine rings is 1. The van der Waals surface area contributed by atoms with Crippen molar-refractivity contribution in [1.29, 1.82) is 0 Å². The molecule has 0 spiro atoms. The molecular weight excluding hydrogens is 278 g/mol. The smallest absolute Gasteiger partial charge is 0.270 e. The number of hydrogen-bond donors (Lipinski definition) is 1. The molecule has 1 saturated carbocycles. The molecule has 0 bridgehead atoms. The molecule has 5 nitrogen and oxygen atoms in total. The zero-order valence-corrected chi connectivity index (χ0v) is 13.0. The lowest BCUT2D eigenvalue weighted by Crippen LogP contribution is -2.47. The van der Waals surface area contributed by atoms with Crippen LogP contribution in [-0.2, 0) is 4.74 Å². The van der Waals surface area contributed by atoms with Gasteiger partial charge in [0.1, 0.15) is 5.69 Å². The molecule has 5 heteroatoms. The van der Waals surface area contributed by atoms with E-state index in [9.17, 15) is 4.79 Å². The fourth-order valence-electron chi connectivity index (χ4n) is 3.69. The van der Waals surface area contributed by atoms with E-state index in [-0.39, 0.29) is 11.9 Å². The number of carbonyl (C=O) groups excluding carboxylic acids is 1. The fourth-order valence-corrected chi connectivity index (χ4v) is 3.69. The van der Waals surface area contributed by atoms with Crippen LogP contribution in [0.3, 0.4) is 0 Å². The molecule has 0 aromatic carbocycles. The summed E-state index contributed by atoms with van der Waals surface area (Å²) in [5.74, 6) is 0.722. The van der Waals surface area contributed by atoms with E-state index in [0.717, 1.165) is 37.7 Å². The summed E-state index contributed by atoms with van der Waals surface area (Å²) >= 11 is 0. The standard InChI is InChI=1S/C17H23N3O2/c1-11-3-2-4-15(18-11)17(21)19-13-7-14-10-22-16(12-5-6-12)9-20(14)8-13/h2-4,12-14,16H,5-10H2,1H3,(H,19,21)/t13-,14-,16-/m0/s1. The molecule has 0 unspecified atom stereocenters. The largest absolute Gasteiger partial charge is 0.375 e. The van der Waals surface area contributed by atoms with Gasteiger partial charge in [-0.3, -0.25) is 9.69 Å². The van der Waals surface area contributed by atoms with Crippen molar-refractivity contribution in [3.63, 3.8) is 0 Å². The van der Waals surface area contributed by atoms with Crippen LogP contribution in [0, 0.1) is 12.8 Å². The van der Waals surface area contributed by atoms with Gasteiger partial charge in [-0.15, -0.1) is 0 Å². The van der Waals surface area contributed by atoms with Gasteiger partial charge in [0, 0.05) is 30.9 Å². The average Bonchev–Trinajstić information content (AvgIpc) is 3.27. The SMILES string of the molecule is Cc1cccc(C(=O)N[C@H]2C[C@H]3CO[C@H](C4CC4)CN3C2)n1. The Balaban J connectivity index is 1.35. The zero-order valence-electron chi connectivity index (χ0n) is 13.0. The average molecular weight is 301 g/mol. The van der Waals surface area contributed by atoms with E-state index in [2.05, 4.69) is 15.2 Å². The van der Waals surface area contributed by atoms with Crippen molar-refractivity contribution < 1.29 is 9.53 Å². The van der Waals surface area contributed by atoms with E-state index in [4.69, 9.17) is 4.74 Å². The van der Waals surface area contributed by atoms with Gasteiger partial charge in [0.05, 0.1) is 12.7 Å². The molecule has 1 amide bonds. The number of ether oxygens (including phenoxy) is 1. The number of carbonyl (C=O) groups is 1. The highest BCUT2D eigenvalue weighted by Gasteiger charge is 2.42. The summed E-state index contributed by atoms with van der Waals surface area (Å²) in [4.78, 5) is 19.1. The van der Waals surface area contributed by atoms with Crippen LogP contribution in [-0.4, -0.2) is 53.7 Å². The molecule has 3 aliphatic rings. The number of nitrogens with one attached hydrogen (secondary N) is 1. The second-order valence-corrected chi connectivity index (χ2v) is 6.89. The summed E-state index contributed by atoms with van der Waals surface area (Å²) in [6.45, 7) is 4.69. The maximum absolute atomic E-state index is 12.3. The Kier molecular flexibility index (Phi) is 3.62. The number of aryl methyl sites for hydroxylation is 1. The monoisotopic (exact) mass is 301 g/mol. The fraction of sp³-hybridized carbons (Fsp3) is 0.647. The predicted octanol–water partition coefficient (Wildman–Crippen LogP) is 1.37. The molecule has 1 aliphatic carbocycles. The second-order valence-electron chi connectivity index (χ2n) is 6.89. The van der Waals surface area contributed by atoms with Crippen molar-refractivity contribution in [2.45, 2.75) is 44.4 Å². The van der Waals surface area contributed by atoms with Crippen LogP contribution in [0.5, 0.6) is 0 Å². The summed E-state index contributed by atoms with van der Waals surface area (Å²) in [5, 5.41) is 3.14. The Hall–Kier alpha value is -1.46. The number of amides is 1. The molecule has 3 fully saturated rings. The van der Waals surface area contributed by atoms with Crippen LogP contribution >= 0.6 is 0 Å². The van der Waals surface area contributed by atoms with Crippen molar-refractivity contribution in [2.75, 3.05) is 19.7 Å². The number of hydrogen-bond acceptors (Lipinski definition) is 4. The van der Waals surface area contributed by atoms with Crippen LogP contribution in [0.4, 0.5) is 0 Å². The van der Waals surface area contributed by atoms with Gasteiger partial charge in [-0.05, 0) is 44.2 Å². The topological polar surface area (TPSA) is 54.5 Å². The highest BCUT2D eigenvalue weighted by atomic mass is 16.5. The molecule has 1 aromatic rings. The van der Waals surface area contributed by atoms with Crippen LogP contribution < -0.4 is 5.32 Å². The lowest BCUT2D eigenvalue weighted by molar-refractivity contribution is -0.0581. The summed E-state index contributed by atoms with van der Waals surface area (Å²) in [5.41, 5.74) is 1.38. The van der Waals surface area contributed by atoms with Gasteiger partial charge in [0.15, 0.2) is 0 Å². The van der Waals surface area contributed by atoms with Gasteiger partial charge >= 0.3 is 0 Å². The molecule has 4 rings (SSSR count). The van der Waals surface area contributed by atoms with E-state index >= 15 is 0 Å². The third kappa shape index (κ3) is 2.88. The lowest BCUT2D eigenvalue weighted by atomic mass is 10.1. The maximum Gasteiger partial charge on any atom is 0.270 e. The summed E-state index contributed by atoms with van der Waals surface area (Å²) < 4.78 is 6.00. The molecule has 0 radical (unpaired) electrons. The van der Waals surface area contributed by atoms with Gasteiger partial charge in [-0.25, -0.2) is 4.98 Å². The molecular formula is C17H23N3O2. The normalized spacial score (nSPS) is 31.8. The first-order valence-electron chi connectivity index (χ1n) is 8.29. The molecule has 3 atom stereocenters. The van der Waals surface area contributed by atoms with E-state index in [1.165, 1.54) is 12.8 Å². The molecule has 22 heavy (non-hydrogen) atoms. The summed E-state index contributed by atoms with van der Waals surface area (Å²) in [6, 6.07) is 6.23. The van der Waals surface area contributed by atoms with Crippen LogP contribution in [0.25, 0.3) is 0 Å². The minimum absolute atomic E-state index is 0.0618. The van der Waals surface area contributed by atoms with Crippen molar-refractivity contribution >= 4 is 5.91 Å². The van der Waals surface area contributed by atoms with Gasteiger partial charge in [0.2, 0.25) is 0 Å². The first-order chi connectivity index (χ1) is 10.7. The molecule has 3 heterocycles. The van der Waals surface area contributed by atoms with E-state index in [1.54, 1.807) is 6.07 Å². The van der Waals surface area contributed by atoms with Gasteiger partial charge < -0.3 is 10.1 Å². The predicted molar refractivity (Wildman–Crippen MR) is 82.7 cm³/mol. The number of aromatic nitrogens is 1. The minimum Gasteiger partial charge on any atom is -0.375 e. The summed E-state index contributed by atoms with van der Waals surface area (Å²) in [7, 11) is 0. The van der Waals surface area contributed by atoms with Crippen molar-refractivity contribution in [3.8, 4) is 0 Å². The highest BCUT2D eigenvalue weighted by molar-refractivity contribution is 5.92.